The summed E-state index contributed by atoms with van der Waals surface area (Å²) in [5, 5.41) is 13.0. The minimum Gasteiger partial charge on any atom is -0.478 e. The first-order valence-electron chi connectivity index (χ1n) is 8.47. The van der Waals surface area contributed by atoms with Crippen LogP contribution in [0.2, 0.25) is 0 Å². The molecule has 0 aromatic carbocycles. The second-order valence-corrected chi connectivity index (χ2v) is 7.35. The molecule has 1 N–H and O–H groups in total. The van der Waals surface area contributed by atoms with Crippen LogP contribution in [0.5, 0.6) is 0 Å². The molecule has 0 aliphatic heterocycles. The van der Waals surface area contributed by atoms with Crippen LogP contribution in [0.3, 0.4) is 0 Å². The van der Waals surface area contributed by atoms with Crippen LogP contribution in [0.4, 0.5) is 0 Å². The highest BCUT2D eigenvalue weighted by molar-refractivity contribution is 5.88. The number of aromatic nitrogens is 2. The highest BCUT2D eigenvalue weighted by atomic mass is 16.5. The van der Waals surface area contributed by atoms with Crippen LogP contribution in [0, 0.1) is 6.92 Å². The van der Waals surface area contributed by atoms with Gasteiger partial charge in [0.15, 0.2) is 5.82 Å². The summed E-state index contributed by atoms with van der Waals surface area (Å²) in [6, 6.07) is 1.45. The van der Waals surface area contributed by atoms with Gasteiger partial charge in [0.1, 0.15) is 17.1 Å². The maximum absolute atomic E-state index is 12.2. The van der Waals surface area contributed by atoms with Gasteiger partial charge < -0.3 is 18.9 Å². The average molecular weight is 363 g/mol. The lowest BCUT2D eigenvalue weighted by Gasteiger charge is -2.15. The lowest BCUT2D eigenvalue weighted by Crippen LogP contribution is -2.25. The molecule has 2 aromatic rings. The van der Waals surface area contributed by atoms with Crippen LogP contribution in [-0.4, -0.2) is 39.1 Å². The first-order valence-corrected chi connectivity index (χ1v) is 8.47. The Balaban J connectivity index is 1.83. The van der Waals surface area contributed by atoms with Gasteiger partial charge in [-0.2, -0.15) is 4.98 Å². The van der Waals surface area contributed by atoms with Crippen LogP contribution in [-0.2, 0) is 23.2 Å². The number of amides is 1. The summed E-state index contributed by atoms with van der Waals surface area (Å²) < 4.78 is 10.6. The van der Waals surface area contributed by atoms with Crippen molar-refractivity contribution in [3.05, 3.63) is 34.9 Å². The molecule has 8 heteroatoms. The Morgan fingerprint density at radius 3 is 2.54 bits per heavy atom. The molecule has 0 aliphatic carbocycles. The van der Waals surface area contributed by atoms with Gasteiger partial charge in [-0.05, 0) is 19.4 Å². The van der Waals surface area contributed by atoms with Gasteiger partial charge in [0.25, 0.3) is 0 Å². The molecule has 0 saturated heterocycles. The van der Waals surface area contributed by atoms with Crippen molar-refractivity contribution in [1.29, 1.82) is 0 Å². The molecule has 0 fully saturated rings. The first kappa shape index (κ1) is 19.7. The van der Waals surface area contributed by atoms with Crippen LogP contribution in [0.15, 0.2) is 15.0 Å². The lowest BCUT2D eigenvalue weighted by atomic mass is 9.96. The molecular weight excluding hydrogens is 338 g/mol. The number of rotatable bonds is 7. The standard InChI is InChI=1S/C18H25N3O5/c1-11-13(16(23)24)9-12(25-11)10-21(5)15(22)8-6-7-14-19-17(20-26-14)18(2,3)4/h9H,6-8,10H2,1-5H3,(H,23,24). The van der Waals surface area contributed by atoms with Crippen molar-refractivity contribution in [2.24, 2.45) is 0 Å². The summed E-state index contributed by atoms with van der Waals surface area (Å²) >= 11 is 0. The Morgan fingerprint density at radius 1 is 1.31 bits per heavy atom. The van der Waals surface area contributed by atoms with E-state index in [0.29, 0.717) is 42.5 Å². The summed E-state index contributed by atoms with van der Waals surface area (Å²) in [4.78, 5) is 29.1. The van der Waals surface area contributed by atoms with E-state index in [1.54, 1.807) is 14.0 Å². The van der Waals surface area contributed by atoms with E-state index in [1.165, 1.54) is 11.0 Å². The number of carbonyl (C=O) groups excluding carboxylic acids is 1. The topological polar surface area (TPSA) is 110 Å². The minimum atomic E-state index is -1.04. The molecule has 0 atom stereocenters. The maximum atomic E-state index is 12.2. The fourth-order valence-corrected chi connectivity index (χ4v) is 2.40. The van der Waals surface area contributed by atoms with Crippen LogP contribution in [0.1, 0.15) is 67.2 Å². The summed E-state index contributed by atoms with van der Waals surface area (Å²) in [6.45, 7) is 7.83. The molecule has 8 nitrogen and oxygen atoms in total. The third-order valence-electron chi connectivity index (χ3n) is 3.94. The highest BCUT2D eigenvalue weighted by Gasteiger charge is 2.21. The molecule has 142 valence electrons. The van der Waals surface area contributed by atoms with Crippen molar-refractivity contribution in [3.8, 4) is 0 Å². The van der Waals surface area contributed by atoms with E-state index in [9.17, 15) is 9.59 Å². The van der Waals surface area contributed by atoms with E-state index in [-0.39, 0.29) is 23.4 Å². The van der Waals surface area contributed by atoms with Crippen molar-refractivity contribution in [1.82, 2.24) is 15.0 Å². The van der Waals surface area contributed by atoms with E-state index < -0.39 is 5.97 Å². The molecule has 0 unspecified atom stereocenters. The number of aromatic carboxylic acids is 1. The zero-order chi connectivity index (χ0) is 19.5. The molecule has 26 heavy (non-hydrogen) atoms. The predicted octanol–water partition coefficient (Wildman–Crippen LogP) is 2.95. The van der Waals surface area contributed by atoms with Gasteiger partial charge in [-0.3, -0.25) is 4.79 Å². The van der Waals surface area contributed by atoms with Crippen molar-refractivity contribution in [2.45, 2.75) is 58.9 Å². The molecular formula is C18H25N3O5. The Hall–Kier alpha value is -2.64. The van der Waals surface area contributed by atoms with Crippen LogP contribution < -0.4 is 0 Å². The van der Waals surface area contributed by atoms with Gasteiger partial charge in [0.2, 0.25) is 11.8 Å². The van der Waals surface area contributed by atoms with Gasteiger partial charge in [0.05, 0.1) is 6.54 Å². The molecule has 2 aromatic heterocycles. The average Bonchev–Trinajstić information content (AvgIpc) is 3.13. The third kappa shape index (κ3) is 4.93. The van der Waals surface area contributed by atoms with Gasteiger partial charge >= 0.3 is 5.97 Å². The zero-order valence-electron chi connectivity index (χ0n) is 15.8. The summed E-state index contributed by atoms with van der Waals surface area (Å²) in [7, 11) is 1.66. The predicted molar refractivity (Wildman–Crippen MR) is 92.8 cm³/mol. The largest absolute Gasteiger partial charge is 0.478 e. The Bertz CT molecular complexity index is 785. The van der Waals surface area contributed by atoms with Crippen molar-refractivity contribution < 1.29 is 23.6 Å². The molecule has 0 radical (unpaired) electrons. The minimum absolute atomic E-state index is 0.0634. The van der Waals surface area contributed by atoms with Crippen molar-refractivity contribution in [2.75, 3.05) is 7.05 Å². The monoisotopic (exact) mass is 363 g/mol. The normalized spacial score (nSPS) is 11.6. The molecule has 0 spiro atoms. The molecule has 0 bridgehead atoms. The van der Waals surface area contributed by atoms with Crippen molar-refractivity contribution >= 4 is 11.9 Å². The summed E-state index contributed by atoms with van der Waals surface area (Å²) in [6.07, 6.45) is 1.45. The maximum Gasteiger partial charge on any atom is 0.339 e. The highest BCUT2D eigenvalue weighted by Crippen LogP contribution is 2.19. The molecule has 0 aliphatic rings. The number of hydrogen-bond acceptors (Lipinski definition) is 6. The van der Waals surface area contributed by atoms with E-state index in [1.807, 2.05) is 20.8 Å². The number of carbonyl (C=O) groups is 2. The Morgan fingerprint density at radius 2 is 2.00 bits per heavy atom. The van der Waals surface area contributed by atoms with Crippen LogP contribution in [0.25, 0.3) is 0 Å². The van der Waals surface area contributed by atoms with Gasteiger partial charge in [-0.25, -0.2) is 4.79 Å². The second-order valence-electron chi connectivity index (χ2n) is 7.35. The van der Waals surface area contributed by atoms with Crippen molar-refractivity contribution in [3.63, 3.8) is 0 Å². The second kappa shape index (κ2) is 7.72. The number of hydrogen-bond donors (Lipinski definition) is 1. The zero-order valence-corrected chi connectivity index (χ0v) is 15.8. The van der Waals surface area contributed by atoms with E-state index in [0.717, 1.165) is 0 Å². The van der Waals surface area contributed by atoms with Crippen LogP contribution >= 0.6 is 0 Å². The molecule has 1 amide bonds. The Kier molecular flexibility index (Phi) is 5.84. The third-order valence-corrected chi connectivity index (χ3v) is 3.94. The quantitative estimate of drug-likeness (QED) is 0.805. The number of aryl methyl sites for hydroxylation is 2. The van der Waals surface area contributed by atoms with E-state index >= 15 is 0 Å². The fourth-order valence-electron chi connectivity index (χ4n) is 2.40. The summed E-state index contributed by atoms with van der Waals surface area (Å²) in [5.74, 6) is 0.852. The van der Waals surface area contributed by atoms with Gasteiger partial charge in [-0.15, -0.1) is 0 Å². The number of nitrogens with zero attached hydrogens (tertiary/aromatic N) is 3. The lowest BCUT2D eigenvalue weighted by molar-refractivity contribution is -0.130. The number of carboxylic acid groups (broad SMARTS) is 1. The number of furan rings is 1. The van der Waals surface area contributed by atoms with Gasteiger partial charge in [0, 0.05) is 25.3 Å². The SMILES string of the molecule is Cc1oc(CN(C)C(=O)CCCc2nc(C(C)(C)C)no2)cc1C(=O)O. The first-order chi connectivity index (χ1) is 12.1. The molecule has 2 heterocycles. The summed E-state index contributed by atoms with van der Waals surface area (Å²) in [5.41, 5.74) is -0.0554. The molecule has 2 rings (SSSR count). The van der Waals surface area contributed by atoms with E-state index in [4.69, 9.17) is 14.0 Å². The Labute approximate surface area is 152 Å². The fraction of sp³-hybridized carbons (Fsp3) is 0.556. The van der Waals surface area contributed by atoms with Gasteiger partial charge in [-0.1, -0.05) is 25.9 Å². The van der Waals surface area contributed by atoms with E-state index in [2.05, 4.69) is 10.1 Å². The number of carboxylic acids is 1. The molecule has 0 saturated carbocycles. The smallest absolute Gasteiger partial charge is 0.339 e.